The molecule has 0 bridgehead atoms. The Labute approximate surface area is 83.2 Å². The summed E-state index contributed by atoms with van der Waals surface area (Å²) in [7, 11) is 0. The highest BCUT2D eigenvalue weighted by Crippen LogP contribution is 1.95. The van der Waals surface area contributed by atoms with Crippen LogP contribution in [0.1, 0.15) is 33.6 Å². The molecule has 0 atom stereocenters. The molecule has 0 radical (unpaired) electrons. The van der Waals surface area contributed by atoms with E-state index in [-0.39, 0.29) is 16.4 Å². The van der Waals surface area contributed by atoms with Crippen LogP contribution in [0.3, 0.4) is 0 Å². The van der Waals surface area contributed by atoms with E-state index < -0.39 is 0 Å². The third-order valence-electron chi connectivity index (χ3n) is 0.900. The van der Waals surface area contributed by atoms with Crippen molar-refractivity contribution in [1.82, 2.24) is 0 Å². The first-order valence-corrected chi connectivity index (χ1v) is 4.55. The maximum Gasteiger partial charge on any atom is 0.224 e. The van der Waals surface area contributed by atoms with Crippen LogP contribution in [-0.2, 0) is 9.59 Å². The van der Waals surface area contributed by atoms with Crippen molar-refractivity contribution in [3.05, 3.63) is 0 Å². The van der Waals surface area contributed by atoms with Gasteiger partial charge >= 0.3 is 0 Å². The van der Waals surface area contributed by atoms with Gasteiger partial charge in [0.05, 0.1) is 0 Å². The molecule has 12 heavy (non-hydrogen) atoms. The van der Waals surface area contributed by atoms with Crippen molar-refractivity contribution in [2.45, 2.75) is 33.6 Å². The summed E-state index contributed by atoms with van der Waals surface area (Å²) >= 11 is 9.91. The van der Waals surface area contributed by atoms with Gasteiger partial charge in [0.15, 0.2) is 0 Å². The van der Waals surface area contributed by atoms with Crippen LogP contribution in [0.25, 0.3) is 0 Å². The predicted molar refractivity (Wildman–Crippen MR) is 51.5 cm³/mol. The molecular formula is C8H14Cl2O2. The van der Waals surface area contributed by atoms with Gasteiger partial charge in [-0.3, -0.25) is 9.59 Å². The van der Waals surface area contributed by atoms with Gasteiger partial charge < -0.3 is 0 Å². The number of rotatable bonds is 3. The zero-order chi connectivity index (χ0) is 10.1. The number of carbonyl (C=O) groups excluding carboxylic acids is 2. The molecule has 0 aromatic heterocycles. The minimum Gasteiger partial charge on any atom is -0.281 e. The molecule has 0 aliphatic carbocycles. The third kappa shape index (κ3) is 16.5. The Hall–Kier alpha value is -0.0800. The van der Waals surface area contributed by atoms with Crippen LogP contribution in [-0.4, -0.2) is 10.5 Å². The molecule has 0 unspecified atom stereocenters. The van der Waals surface area contributed by atoms with Gasteiger partial charge in [0, 0.05) is 12.3 Å². The van der Waals surface area contributed by atoms with E-state index in [1.807, 2.05) is 6.92 Å². The van der Waals surface area contributed by atoms with Crippen LogP contribution in [0.5, 0.6) is 0 Å². The highest BCUT2D eigenvalue weighted by atomic mass is 35.5. The molecule has 0 fully saturated rings. The van der Waals surface area contributed by atoms with Gasteiger partial charge in [0.25, 0.3) is 0 Å². The minimum absolute atomic E-state index is 0.0216. The fourth-order valence-corrected chi connectivity index (χ4v) is 0.386. The van der Waals surface area contributed by atoms with Crippen molar-refractivity contribution in [3.8, 4) is 0 Å². The van der Waals surface area contributed by atoms with Crippen LogP contribution in [0.4, 0.5) is 0 Å². The molecule has 0 aliphatic rings. The molecule has 0 aromatic carbocycles. The fourth-order valence-electron chi connectivity index (χ4n) is 0.197. The topological polar surface area (TPSA) is 34.1 Å². The second kappa shape index (κ2) is 9.01. The normalized spacial score (nSPS) is 8.83. The Bertz CT molecular complexity index is 144. The second-order valence-electron chi connectivity index (χ2n) is 2.56. The highest BCUT2D eigenvalue weighted by molar-refractivity contribution is 6.64. The van der Waals surface area contributed by atoms with E-state index in [0.717, 1.165) is 6.42 Å². The van der Waals surface area contributed by atoms with Crippen molar-refractivity contribution in [2.24, 2.45) is 5.92 Å². The van der Waals surface area contributed by atoms with Crippen LogP contribution in [0, 0.1) is 5.92 Å². The Morgan fingerprint density at radius 3 is 1.58 bits per heavy atom. The monoisotopic (exact) mass is 212 g/mol. The molecule has 72 valence electrons. The Morgan fingerprint density at radius 2 is 1.58 bits per heavy atom. The molecule has 0 aliphatic heterocycles. The average Bonchev–Trinajstić information content (AvgIpc) is 1.87. The largest absolute Gasteiger partial charge is 0.281 e. The summed E-state index contributed by atoms with van der Waals surface area (Å²) < 4.78 is 0. The predicted octanol–water partition coefficient (Wildman–Crippen LogP) is 2.96. The smallest absolute Gasteiger partial charge is 0.224 e. The fraction of sp³-hybridized carbons (Fsp3) is 0.750. The third-order valence-corrected chi connectivity index (χ3v) is 1.53. The van der Waals surface area contributed by atoms with Crippen LogP contribution < -0.4 is 0 Å². The van der Waals surface area contributed by atoms with Crippen LogP contribution in [0.15, 0.2) is 0 Å². The van der Waals surface area contributed by atoms with Crippen LogP contribution in [0.2, 0.25) is 0 Å². The lowest BCUT2D eigenvalue weighted by atomic mass is 10.3. The van der Waals surface area contributed by atoms with Crippen LogP contribution >= 0.6 is 23.2 Å². The first-order valence-electron chi connectivity index (χ1n) is 3.79. The van der Waals surface area contributed by atoms with E-state index in [4.69, 9.17) is 23.2 Å². The summed E-state index contributed by atoms with van der Waals surface area (Å²) in [5, 5.41) is -0.507. The van der Waals surface area contributed by atoms with Crippen molar-refractivity contribution < 1.29 is 9.59 Å². The summed E-state index contributed by atoms with van der Waals surface area (Å²) in [5.74, 6) is -0.0216. The van der Waals surface area contributed by atoms with Crippen molar-refractivity contribution in [3.63, 3.8) is 0 Å². The lowest BCUT2D eigenvalue weighted by Crippen LogP contribution is -1.95. The first kappa shape index (κ1) is 14.4. The maximum atomic E-state index is 9.91. The second-order valence-corrected chi connectivity index (χ2v) is 3.36. The molecule has 0 N–H and O–H groups in total. The molecule has 0 saturated heterocycles. The van der Waals surface area contributed by atoms with Crippen molar-refractivity contribution in [1.29, 1.82) is 0 Å². The zero-order valence-corrected chi connectivity index (χ0v) is 9.08. The lowest BCUT2D eigenvalue weighted by Gasteiger charge is -1.88. The zero-order valence-electron chi connectivity index (χ0n) is 7.56. The van der Waals surface area contributed by atoms with Gasteiger partial charge in [0.2, 0.25) is 10.5 Å². The molecule has 4 heteroatoms. The number of halogens is 2. The Morgan fingerprint density at radius 1 is 1.25 bits per heavy atom. The Balaban J connectivity index is 0. The lowest BCUT2D eigenvalue weighted by molar-refractivity contribution is -0.114. The van der Waals surface area contributed by atoms with Gasteiger partial charge in [-0.2, -0.15) is 0 Å². The van der Waals surface area contributed by atoms with Crippen molar-refractivity contribution >= 4 is 33.7 Å². The summed E-state index contributed by atoms with van der Waals surface area (Å²) in [6, 6.07) is 0. The average molecular weight is 213 g/mol. The molecule has 0 saturated carbocycles. The maximum absolute atomic E-state index is 9.91. The molecule has 0 aromatic rings. The van der Waals surface area contributed by atoms with Gasteiger partial charge in [-0.15, -0.1) is 0 Å². The minimum atomic E-state index is -0.269. The summed E-state index contributed by atoms with van der Waals surface area (Å²) in [6.07, 6.45) is 1.35. The van der Waals surface area contributed by atoms with Gasteiger partial charge in [-0.05, 0) is 29.6 Å². The Kier molecular flexibility index (Phi) is 10.8. The summed E-state index contributed by atoms with van der Waals surface area (Å²) in [4.78, 5) is 19.7. The van der Waals surface area contributed by atoms with E-state index in [0.29, 0.717) is 6.42 Å². The quantitative estimate of drug-likeness (QED) is 0.675. The van der Waals surface area contributed by atoms with Crippen molar-refractivity contribution in [2.75, 3.05) is 0 Å². The molecule has 0 spiro atoms. The van der Waals surface area contributed by atoms with E-state index in [1.165, 1.54) is 0 Å². The summed E-state index contributed by atoms with van der Waals surface area (Å²) in [6.45, 7) is 5.44. The molecule has 0 heterocycles. The standard InChI is InChI=1S/2C4H7ClO/c1-3(2)4(5)6;1-2-3-4(5)6/h3H,1-2H3;2-3H2,1H3. The number of hydrogen-bond donors (Lipinski definition) is 0. The van der Waals surface area contributed by atoms with Gasteiger partial charge in [-0.1, -0.05) is 20.8 Å². The number of carbonyl (C=O) groups is 2. The van der Waals surface area contributed by atoms with E-state index >= 15 is 0 Å². The van der Waals surface area contributed by atoms with E-state index in [9.17, 15) is 9.59 Å². The number of hydrogen-bond acceptors (Lipinski definition) is 2. The van der Waals surface area contributed by atoms with Gasteiger partial charge in [-0.25, -0.2) is 0 Å². The van der Waals surface area contributed by atoms with E-state index in [1.54, 1.807) is 13.8 Å². The SMILES string of the molecule is CC(C)C(=O)Cl.CCCC(=O)Cl. The first-order chi connectivity index (χ1) is 5.41. The molecule has 2 nitrogen and oxygen atoms in total. The molecular weight excluding hydrogens is 199 g/mol. The highest BCUT2D eigenvalue weighted by Gasteiger charge is 1.98. The van der Waals surface area contributed by atoms with Gasteiger partial charge in [0.1, 0.15) is 0 Å². The molecule has 0 amide bonds. The van der Waals surface area contributed by atoms with E-state index in [2.05, 4.69) is 0 Å². The summed E-state index contributed by atoms with van der Waals surface area (Å²) in [5.41, 5.74) is 0. The molecule has 0 rings (SSSR count).